The molecule has 0 amide bonds. The summed E-state index contributed by atoms with van der Waals surface area (Å²) in [6.07, 6.45) is -0.0561. The lowest BCUT2D eigenvalue weighted by atomic mass is 10.1. The standard InChI is InChI=1S/C19H17FN2O3/c1-12(18-21-16-5-3-2-4-15(16)19(24)22-18)25-17(23)11-8-13-6-9-14(20)10-7-13/h2-7,9-10,12H,8,11H2,1H3,(H,21,22,24)/t12-/m1/s1. The fourth-order valence-electron chi connectivity index (χ4n) is 2.51. The van der Waals surface area contributed by atoms with E-state index in [1.165, 1.54) is 12.1 Å². The number of fused-ring (bicyclic) bond motifs is 1. The summed E-state index contributed by atoms with van der Waals surface area (Å²) in [5, 5.41) is 0.487. The fraction of sp³-hybridized carbons (Fsp3) is 0.211. The molecule has 1 atom stereocenters. The summed E-state index contributed by atoms with van der Waals surface area (Å²) in [6, 6.07) is 12.9. The Hall–Kier alpha value is -3.02. The van der Waals surface area contributed by atoms with Gasteiger partial charge >= 0.3 is 5.97 Å². The quantitative estimate of drug-likeness (QED) is 0.723. The van der Waals surface area contributed by atoms with Crippen molar-refractivity contribution in [2.24, 2.45) is 0 Å². The van der Waals surface area contributed by atoms with Gasteiger partial charge in [-0.2, -0.15) is 0 Å². The van der Waals surface area contributed by atoms with E-state index < -0.39 is 12.1 Å². The number of nitrogens with zero attached hydrogens (tertiary/aromatic N) is 1. The van der Waals surface area contributed by atoms with E-state index in [2.05, 4.69) is 9.97 Å². The van der Waals surface area contributed by atoms with Gasteiger partial charge in [-0.15, -0.1) is 0 Å². The number of carbonyl (C=O) groups excluding carboxylic acids is 1. The Bertz CT molecular complexity index is 951. The van der Waals surface area contributed by atoms with Gasteiger partial charge in [0.1, 0.15) is 5.82 Å². The van der Waals surface area contributed by atoms with Gasteiger partial charge in [-0.3, -0.25) is 9.59 Å². The number of rotatable bonds is 5. The zero-order valence-electron chi connectivity index (χ0n) is 13.7. The summed E-state index contributed by atoms with van der Waals surface area (Å²) in [6.45, 7) is 1.66. The minimum absolute atomic E-state index is 0.161. The number of aromatic nitrogens is 2. The number of hydrogen-bond donors (Lipinski definition) is 1. The molecule has 0 unspecified atom stereocenters. The van der Waals surface area contributed by atoms with Crippen molar-refractivity contribution in [1.29, 1.82) is 0 Å². The zero-order valence-corrected chi connectivity index (χ0v) is 13.7. The highest BCUT2D eigenvalue weighted by Gasteiger charge is 2.15. The third kappa shape index (κ3) is 4.09. The van der Waals surface area contributed by atoms with Crippen molar-refractivity contribution in [3.63, 3.8) is 0 Å². The molecular weight excluding hydrogens is 323 g/mol. The van der Waals surface area contributed by atoms with Gasteiger partial charge in [0.05, 0.1) is 10.9 Å². The predicted molar refractivity (Wildman–Crippen MR) is 91.6 cm³/mol. The largest absolute Gasteiger partial charge is 0.454 e. The summed E-state index contributed by atoms with van der Waals surface area (Å²) >= 11 is 0. The molecule has 25 heavy (non-hydrogen) atoms. The zero-order chi connectivity index (χ0) is 17.8. The monoisotopic (exact) mass is 340 g/mol. The molecule has 6 heteroatoms. The highest BCUT2D eigenvalue weighted by atomic mass is 19.1. The van der Waals surface area contributed by atoms with Crippen molar-refractivity contribution >= 4 is 16.9 Å². The van der Waals surface area contributed by atoms with E-state index in [4.69, 9.17) is 4.74 Å². The first kappa shape index (κ1) is 16.8. The molecule has 0 radical (unpaired) electrons. The number of halogens is 1. The van der Waals surface area contributed by atoms with Gasteiger partial charge in [-0.25, -0.2) is 9.37 Å². The maximum atomic E-state index is 12.9. The van der Waals surface area contributed by atoms with Crippen LogP contribution in [-0.4, -0.2) is 15.9 Å². The van der Waals surface area contributed by atoms with Crippen molar-refractivity contribution in [2.45, 2.75) is 25.9 Å². The average molecular weight is 340 g/mol. The highest BCUT2D eigenvalue weighted by molar-refractivity contribution is 5.77. The Balaban J connectivity index is 1.65. The summed E-state index contributed by atoms with van der Waals surface area (Å²) in [5.41, 5.74) is 1.13. The molecule has 0 bridgehead atoms. The van der Waals surface area contributed by atoms with E-state index in [0.717, 1.165) is 5.56 Å². The molecule has 3 rings (SSSR count). The van der Waals surface area contributed by atoms with Crippen molar-refractivity contribution < 1.29 is 13.9 Å². The van der Waals surface area contributed by atoms with E-state index in [9.17, 15) is 14.0 Å². The second-order valence-electron chi connectivity index (χ2n) is 5.73. The second-order valence-corrected chi connectivity index (χ2v) is 5.73. The minimum Gasteiger partial charge on any atom is -0.454 e. The van der Waals surface area contributed by atoms with Crippen LogP contribution >= 0.6 is 0 Å². The minimum atomic E-state index is -0.668. The lowest BCUT2D eigenvalue weighted by Gasteiger charge is -2.13. The molecule has 1 heterocycles. The van der Waals surface area contributed by atoms with Crippen molar-refractivity contribution in [3.05, 3.63) is 76.1 Å². The van der Waals surface area contributed by atoms with Crippen LogP contribution in [0.5, 0.6) is 0 Å². The van der Waals surface area contributed by atoms with Crippen LogP contribution in [-0.2, 0) is 16.0 Å². The first-order valence-electron chi connectivity index (χ1n) is 7.96. The van der Waals surface area contributed by atoms with Gasteiger partial charge in [0.2, 0.25) is 0 Å². The smallest absolute Gasteiger partial charge is 0.306 e. The third-order valence-electron chi connectivity index (χ3n) is 3.86. The molecular formula is C19H17FN2O3. The van der Waals surface area contributed by atoms with E-state index in [1.54, 1.807) is 43.3 Å². The van der Waals surface area contributed by atoms with Crippen LogP contribution in [0.1, 0.15) is 30.8 Å². The van der Waals surface area contributed by atoms with E-state index >= 15 is 0 Å². The van der Waals surface area contributed by atoms with E-state index in [1.807, 2.05) is 0 Å². The third-order valence-corrected chi connectivity index (χ3v) is 3.86. The molecule has 0 saturated heterocycles. The molecule has 0 aliphatic rings. The highest BCUT2D eigenvalue weighted by Crippen LogP contribution is 2.15. The maximum Gasteiger partial charge on any atom is 0.306 e. The average Bonchev–Trinajstić information content (AvgIpc) is 2.61. The molecule has 2 aromatic carbocycles. The SMILES string of the molecule is C[C@@H](OC(=O)CCc1ccc(F)cc1)c1nc2ccccc2c(=O)[nH]1. The molecule has 0 saturated carbocycles. The van der Waals surface area contributed by atoms with Gasteiger partial charge in [0.15, 0.2) is 11.9 Å². The normalized spacial score (nSPS) is 12.1. The lowest BCUT2D eigenvalue weighted by molar-refractivity contribution is -0.148. The Morgan fingerprint density at radius 1 is 1.20 bits per heavy atom. The number of ether oxygens (including phenoxy) is 1. The topological polar surface area (TPSA) is 72.0 Å². The number of para-hydroxylation sites is 1. The van der Waals surface area contributed by atoms with Gasteiger partial charge < -0.3 is 9.72 Å². The first-order chi connectivity index (χ1) is 12.0. The summed E-state index contributed by atoms with van der Waals surface area (Å²) in [5.74, 6) is -0.419. The Morgan fingerprint density at radius 3 is 2.68 bits per heavy atom. The Kier molecular flexibility index (Phi) is 4.88. The summed E-state index contributed by atoms with van der Waals surface area (Å²) < 4.78 is 18.2. The van der Waals surface area contributed by atoms with Crippen LogP contribution in [0.25, 0.3) is 10.9 Å². The van der Waals surface area contributed by atoms with Gasteiger partial charge in [0, 0.05) is 6.42 Å². The Morgan fingerprint density at radius 2 is 1.92 bits per heavy atom. The van der Waals surface area contributed by atoms with Crippen LogP contribution in [0.2, 0.25) is 0 Å². The molecule has 3 aromatic rings. The summed E-state index contributed by atoms with van der Waals surface area (Å²) in [7, 11) is 0. The molecule has 5 nitrogen and oxygen atoms in total. The van der Waals surface area contributed by atoms with E-state index in [-0.39, 0.29) is 17.8 Å². The van der Waals surface area contributed by atoms with Crippen LogP contribution in [0.3, 0.4) is 0 Å². The maximum absolute atomic E-state index is 12.9. The van der Waals surface area contributed by atoms with Crippen molar-refractivity contribution in [2.75, 3.05) is 0 Å². The molecule has 0 spiro atoms. The van der Waals surface area contributed by atoms with Gasteiger partial charge in [-0.05, 0) is 43.2 Å². The van der Waals surface area contributed by atoms with Crippen LogP contribution in [0.15, 0.2) is 53.3 Å². The Labute approximate surface area is 143 Å². The van der Waals surface area contributed by atoms with Gasteiger partial charge in [-0.1, -0.05) is 24.3 Å². The molecule has 1 aromatic heterocycles. The van der Waals surface area contributed by atoms with Crippen molar-refractivity contribution in [3.8, 4) is 0 Å². The number of esters is 1. The number of H-pyrrole nitrogens is 1. The number of aromatic amines is 1. The number of benzene rings is 2. The van der Waals surface area contributed by atoms with Crippen LogP contribution in [0, 0.1) is 5.82 Å². The number of nitrogens with one attached hydrogen (secondary N) is 1. The molecule has 0 fully saturated rings. The van der Waals surface area contributed by atoms with Crippen LogP contribution < -0.4 is 5.56 Å². The van der Waals surface area contributed by atoms with E-state index in [0.29, 0.717) is 23.1 Å². The second kappa shape index (κ2) is 7.25. The number of hydrogen-bond acceptors (Lipinski definition) is 4. The van der Waals surface area contributed by atoms with Crippen molar-refractivity contribution in [1.82, 2.24) is 9.97 Å². The fourth-order valence-corrected chi connectivity index (χ4v) is 2.51. The molecule has 0 aliphatic heterocycles. The molecule has 1 N–H and O–H groups in total. The molecule has 128 valence electrons. The lowest BCUT2D eigenvalue weighted by Crippen LogP contribution is -2.17. The summed E-state index contributed by atoms with van der Waals surface area (Å²) in [4.78, 5) is 31.1. The van der Waals surface area contributed by atoms with Gasteiger partial charge in [0.25, 0.3) is 5.56 Å². The number of aryl methyl sites for hydroxylation is 1. The molecule has 0 aliphatic carbocycles. The predicted octanol–water partition coefficient (Wildman–Crippen LogP) is 3.30. The van der Waals surface area contributed by atoms with Crippen LogP contribution in [0.4, 0.5) is 4.39 Å². The number of carbonyl (C=O) groups is 1. The first-order valence-corrected chi connectivity index (χ1v) is 7.96.